The van der Waals surface area contributed by atoms with Gasteiger partial charge in [0.05, 0.1) is 0 Å². The first kappa shape index (κ1) is 19.6. The smallest absolute Gasteiger partial charge is 0.350 e. The van der Waals surface area contributed by atoms with E-state index in [1.165, 1.54) is 20.0 Å². The average Bonchev–Trinajstić information content (AvgIpc) is 3.02. The first-order valence-corrected chi connectivity index (χ1v) is 9.58. The fraction of sp³-hybridized carbons (Fsp3) is 0.273. The minimum atomic E-state index is -1.29. The molecule has 1 fully saturated rings. The number of fused-ring (bicyclic) bond motifs is 1. The Labute approximate surface area is 173 Å². The van der Waals surface area contributed by atoms with Gasteiger partial charge in [-0.05, 0) is 24.3 Å². The molecular weight excluding hydrogens is 386 g/mol. The van der Waals surface area contributed by atoms with Crippen molar-refractivity contribution in [1.29, 1.82) is 0 Å². The molecule has 0 unspecified atom stereocenters. The van der Waals surface area contributed by atoms with Crippen LogP contribution in [0.25, 0.3) is 0 Å². The predicted molar refractivity (Wildman–Crippen MR) is 107 cm³/mol. The van der Waals surface area contributed by atoms with Crippen molar-refractivity contribution in [3.63, 3.8) is 0 Å². The molecule has 2 aromatic rings. The van der Waals surface area contributed by atoms with Gasteiger partial charge in [0.15, 0.2) is 5.57 Å². The number of nitrogens with zero attached hydrogens (tertiary/aromatic N) is 2. The van der Waals surface area contributed by atoms with Gasteiger partial charge in [-0.3, -0.25) is 9.78 Å². The zero-order valence-corrected chi connectivity index (χ0v) is 16.7. The molecule has 0 spiro atoms. The van der Waals surface area contributed by atoms with E-state index in [0.717, 1.165) is 11.3 Å². The Morgan fingerprint density at radius 3 is 2.57 bits per heavy atom. The molecule has 1 amide bonds. The summed E-state index contributed by atoms with van der Waals surface area (Å²) in [5.41, 5.74) is 2.72. The predicted octanol–water partition coefficient (Wildman–Crippen LogP) is 2.41. The van der Waals surface area contributed by atoms with Crippen molar-refractivity contribution in [2.45, 2.75) is 32.6 Å². The third-order valence-electron chi connectivity index (χ3n) is 4.90. The number of anilines is 1. The van der Waals surface area contributed by atoms with Crippen LogP contribution in [0.1, 0.15) is 35.5 Å². The lowest BCUT2D eigenvalue weighted by Gasteiger charge is -2.29. The second kappa shape index (κ2) is 7.62. The highest BCUT2D eigenvalue weighted by atomic mass is 16.7. The van der Waals surface area contributed by atoms with Crippen molar-refractivity contribution >= 4 is 23.5 Å². The molecule has 8 nitrogen and oxygen atoms in total. The van der Waals surface area contributed by atoms with E-state index in [9.17, 15) is 14.4 Å². The van der Waals surface area contributed by atoms with E-state index in [-0.39, 0.29) is 11.5 Å². The summed E-state index contributed by atoms with van der Waals surface area (Å²) in [6, 6.07) is 11.0. The quantitative estimate of drug-likeness (QED) is 0.462. The first-order valence-electron chi connectivity index (χ1n) is 9.58. The zero-order valence-electron chi connectivity index (χ0n) is 16.7. The Hall–Kier alpha value is -3.68. The minimum absolute atomic E-state index is 0.0598. The standard InChI is InChI=1S/C22H21N3O5/c1-22(2)29-20(27)16(21(28)30-22)12-24-18-8-5-7-15-17(18)13-25(19(15)26)11-9-14-6-3-4-10-23-14/h3-8,10,12,24H,9,11,13H2,1-2H3. The molecule has 0 radical (unpaired) electrons. The lowest BCUT2D eigenvalue weighted by atomic mass is 10.1. The molecule has 1 aromatic heterocycles. The fourth-order valence-electron chi connectivity index (χ4n) is 3.43. The summed E-state index contributed by atoms with van der Waals surface area (Å²) in [7, 11) is 0. The Balaban J connectivity index is 1.49. The van der Waals surface area contributed by atoms with Gasteiger partial charge in [-0.25, -0.2) is 9.59 Å². The van der Waals surface area contributed by atoms with E-state index in [4.69, 9.17) is 9.47 Å². The maximum Gasteiger partial charge on any atom is 0.350 e. The SMILES string of the molecule is CC1(C)OC(=O)C(=CNc2cccc3c2CN(CCc2ccccn2)C3=O)C(=O)O1. The van der Waals surface area contributed by atoms with Crippen molar-refractivity contribution in [2.24, 2.45) is 0 Å². The van der Waals surface area contributed by atoms with Crippen molar-refractivity contribution in [3.05, 3.63) is 71.2 Å². The molecule has 1 N–H and O–H groups in total. The van der Waals surface area contributed by atoms with Gasteiger partial charge in [0.1, 0.15) is 0 Å². The lowest BCUT2D eigenvalue weighted by Crippen LogP contribution is -2.42. The second-order valence-electron chi connectivity index (χ2n) is 7.51. The highest BCUT2D eigenvalue weighted by molar-refractivity contribution is 6.15. The molecule has 154 valence electrons. The molecule has 30 heavy (non-hydrogen) atoms. The Bertz CT molecular complexity index is 1020. The summed E-state index contributed by atoms with van der Waals surface area (Å²) in [6.45, 7) is 3.94. The van der Waals surface area contributed by atoms with Crippen LogP contribution in [0.2, 0.25) is 0 Å². The van der Waals surface area contributed by atoms with Gasteiger partial charge in [-0.1, -0.05) is 12.1 Å². The van der Waals surface area contributed by atoms with E-state index in [0.29, 0.717) is 30.8 Å². The first-order chi connectivity index (χ1) is 14.3. The summed E-state index contributed by atoms with van der Waals surface area (Å²) in [5, 5.41) is 2.96. The Morgan fingerprint density at radius 2 is 1.87 bits per heavy atom. The van der Waals surface area contributed by atoms with Crippen LogP contribution >= 0.6 is 0 Å². The lowest BCUT2D eigenvalue weighted by molar-refractivity contribution is -0.222. The van der Waals surface area contributed by atoms with Gasteiger partial charge < -0.3 is 19.7 Å². The number of benzene rings is 1. The molecule has 2 aliphatic heterocycles. The van der Waals surface area contributed by atoms with Crippen LogP contribution in [0.3, 0.4) is 0 Å². The van der Waals surface area contributed by atoms with Crippen LogP contribution in [0, 0.1) is 0 Å². The molecule has 8 heteroatoms. The molecule has 0 atom stereocenters. The molecule has 4 rings (SSSR count). The van der Waals surface area contributed by atoms with Gasteiger partial charge >= 0.3 is 11.9 Å². The zero-order chi connectivity index (χ0) is 21.3. The number of pyridine rings is 1. The maximum absolute atomic E-state index is 12.8. The van der Waals surface area contributed by atoms with Crippen molar-refractivity contribution < 1.29 is 23.9 Å². The van der Waals surface area contributed by atoms with E-state index < -0.39 is 17.7 Å². The van der Waals surface area contributed by atoms with Crippen molar-refractivity contribution in [3.8, 4) is 0 Å². The van der Waals surface area contributed by atoms with Crippen molar-refractivity contribution in [2.75, 3.05) is 11.9 Å². The molecule has 3 heterocycles. The highest BCUT2D eigenvalue weighted by Crippen LogP contribution is 2.30. The number of esters is 2. The van der Waals surface area contributed by atoms with Crippen LogP contribution in [-0.2, 0) is 32.0 Å². The van der Waals surface area contributed by atoms with Crippen molar-refractivity contribution in [1.82, 2.24) is 9.88 Å². The minimum Gasteiger partial charge on any atom is -0.419 e. The maximum atomic E-state index is 12.8. The number of amides is 1. The number of rotatable bonds is 5. The van der Waals surface area contributed by atoms with E-state index >= 15 is 0 Å². The third-order valence-corrected chi connectivity index (χ3v) is 4.90. The molecule has 2 aliphatic rings. The van der Waals surface area contributed by atoms with Crippen LogP contribution in [0.15, 0.2) is 54.4 Å². The second-order valence-corrected chi connectivity index (χ2v) is 7.51. The molecule has 0 saturated carbocycles. The fourth-order valence-corrected chi connectivity index (χ4v) is 3.43. The van der Waals surface area contributed by atoms with Gasteiger partial charge in [0.2, 0.25) is 0 Å². The van der Waals surface area contributed by atoms with Gasteiger partial charge in [0, 0.05) is 68.3 Å². The molecule has 0 bridgehead atoms. The number of nitrogens with one attached hydrogen (secondary N) is 1. The Morgan fingerprint density at radius 1 is 1.10 bits per heavy atom. The normalized spacial score (nSPS) is 17.3. The third kappa shape index (κ3) is 3.89. The number of ether oxygens (including phenoxy) is 2. The average molecular weight is 407 g/mol. The summed E-state index contributed by atoms with van der Waals surface area (Å²) in [4.78, 5) is 43.0. The summed E-state index contributed by atoms with van der Waals surface area (Å²) in [5.74, 6) is -2.87. The van der Waals surface area contributed by atoms with E-state index in [2.05, 4.69) is 10.3 Å². The number of cyclic esters (lactones) is 2. The van der Waals surface area contributed by atoms with Crippen LogP contribution in [0.4, 0.5) is 5.69 Å². The molecule has 1 saturated heterocycles. The molecular formula is C22H21N3O5. The summed E-state index contributed by atoms with van der Waals surface area (Å²) >= 11 is 0. The summed E-state index contributed by atoms with van der Waals surface area (Å²) in [6.07, 6.45) is 3.64. The number of hydrogen-bond donors (Lipinski definition) is 1. The van der Waals surface area contributed by atoms with Crippen LogP contribution in [0.5, 0.6) is 0 Å². The monoisotopic (exact) mass is 407 g/mol. The molecule has 0 aliphatic carbocycles. The number of carbonyl (C=O) groups excluding carboxylic acids is 3. The van der Waals surface area contributed by atoms with Gasteiger partial charge in [0.25, 0.3) is 11.7 Å². The van der Waals surface area contributed by atoms with Gasteiger partial charge in [-0.15, -0.1) is 0 Å². The van der Waals surface area contributed by atoms with E-state index in [1.807, 2.05) is 18.2 Å². The number of aromatic nitrogens is 1. The summed E-state index contributed by atoms with van der Waals surface area (Å²) < 4.78 is 10.2. The van der Waals surface area contributed by atoms with Gasteiger partial charge in [-0.2, -0.15) is 0 Å². The van der Waals surface area contributed by atoms with Crippen LogP contribution < -0.4 is 5.32 Å². The molecule has 1 aromatic carbocycles. The highest BCUT2D eigenvalue weighted by Gasteiger charge is 2.39. The number of carbonyl (C=O) groups is 3. The number of hydrogen-bond acceptors (Lipinski definition) is 7. The van der Waals surface area contributed by atoms with E-state index in [1.54, 1.807) is 29.3 Å². The van der Waals surface area contributed by atoms with Crippen LogP contribution in [-0.4, -0.2) is 40.1 Å². The Kier molecular flexibility index (Phi) is 4.99. The topological polar surface area (TPSA) is 97.8 Å². The largest absolute Gasteiger partial charge is 0.419 e.